The van der Waals surface area contributed by atoms with E-state index < -0.39 is 5.02 Å². The summed E-state index contributed by atoms with van der Waals surface area (Å²) in [7, 11) is 0. The van der Waals surface area contributed by atoms with Gasteiger partial charge in [0.2, 0.25) is 0 Å². The zero-order valence-corrected chi connectivity index (χ0v) is 9.95. The van der Waals surface area contributed by atoms with E-state index in [2.05, 4.69) is 5.11 Å². The Balaban J connectivity index is 0.000001000. The molecule has 5 heteroatoms. The summed E-state index contributed by atoms with van der Waals surface area (Å²) in [6.45, 7) is 0. The molecule has 0 atom stereocenters. The molecule has 0 aromatic rings. The molecule has 58 valence electrons. The second-order valence-corrected chi connectivity index (χ2v) is 2.65. The summed E-state index contributed by atoms with van der Waals surface area (Å²) in [5, 5.41) is 22.6. The second kappa shape index (κ2) is 6.36. The van der Waals surface area contributed by atoms with Crippen molar-refractivity contribution in [1.82, 2.24) is 0 Å². The molecule has 4 nitrogen and oxygen atoms in total. The zero-order chi connectivity index (χ0) is 7.40. The van der Waals surface area contributed by atoms with Crippen molar-refractivity contribution in [2.75, 3.05) is 0 Å². The van der Waals surface area contributed by atoms with Gasteiger partial charge in [-0.25, -0.2) is 0 Å². The van der Waals surface area contributed by atoms with Crippen LogP contribution in [0.3, 0.4) is 0 Å². The summed E-state index contributed by atoms with van der Waals surface area (Å²) in [4.78, 5) is 0. The van der Waals surface area contributed by atoms with E-state index in [1.807, 2.05) is 0 Å². The number of hydrogen-bond acceptors (Lipinski definition) is 3. The van der Waals surface area contributed by atoms with Crippen molar-refractivity contribution in [3.63, 3.8) is 0 Å². The van der Waals surface area contributed by atoms with Gasteiger partial charge in [0.1, 0.15) is 6.04 Å². The Labute approximate surface area is 109 Å². The average molecular weight is 182 g/mol. The molecule has 0 N–H and O–H groups in total. The summed E-state index contributed by atoms with van der Waals surface area (Å²) in [5.41, 5.74) is 0. The van der Waals surface area contributed by atoms with E-state index in [9.17, 15) is 10.4 Å². The molecule has 1 saturated carbocycles. The molecule has 1 aliphatic rings. The molecule has 1 fully saturated rings. The van der Waals surface area contributed by atoms with Crippen LogP contribution in [0, 0.1) is 10.4 Å². The van der Waals surface area contributed by atoms with Gasteiger partial charge < -0.3 is 10.4 Å². The SMILES string of the molecule is [K+].[O-][N+]([O-])=NC1CCCCC1. The fraction of sp³-hybridized carbons (Fsp3) is 1.00. The first-order valence-corrected chi connectivity index (χ1v) is 3.64. The maximum Gasteiger partial charge on any atom is 1.00 e. The molecule has 0 aliphatic heterocycles. The van der Waals surface area contributed by atoms with Crippen molar-refractivity contribution >= 4 is 0 Å². The molecule has 0 bridgehead atoms. The van der Waals surface area contributed by atoms with Gasteiger partial charge >= 0.3 is 51.4 Å². The second-order valence-electron chi connectivity index (χ2n) is 2.65. The fourth-order valence-corrected chi connectivity index (χ4v) is 1.33. The Bertz CT molecular complexity index is 131. The summed E-state index contributed by atoms with van der Waals surface area (Å²) in [5.74, 6) is 0. The standard InChI is InChI=1S/C6H11N2O2.K/c9-8(10)7-6-4-2-1-3-5-6;/h6H,1-5H2;/q-1;+1. The summed E-state index contributed by atoms with van der Waals surface area (Å²) >= 11 is 0. The average Bonchev–Trinajstić information content (AvgIpc) is 1.88. The van der Waals surface area contributed by atoms with Gasteiger partial charge in [0.15, 0.2) is 0 Å². The summed E-state index contributed by atoms with van der Waals surface area (Å²) in [6.07, 6.45) is 5.22. The molecule has 1 aliphatic carbocycles. The van der Waals surface area contributed by atoms with Crippen molar-refractivity contribution in [2.45, 2.75) is 38.1 Å². The van der Waals surface area contributed by atoms with Gasteiger partial charge in [-0.15, -0.1) is 0 Å². The van der Waals surface area contributed by atoms with E-state index in [0.29, 0.717) is 0 Å². The molecule has 0 amide bonds. The largest absolute Gasteiger partial charge is 1.00 e. The van der Waals surface area contributed by atoms with Crippen LogP contribution in [0.1, 0.15) is 32.1 Å². The predicted octanol–water partition coefficient (Wildman–Crippen LogP) is -1.22. The number of rotatable bonds is 1. The van der Waals surface area contributed by atoms with Crippen LogP contribution in [0.4, 0.5) is 0 Å². The van der Waals surface area contributed by atoms with Gasteiger partial charge in [0.25, 0.3) is 0 Å². The van der Waals surface area contributed by atoms with Crippen molar-refractivity contribution < 1.29 is 56.4 Å². The Kier molecular flexibility index (Phi) is 6.85. The monoisotopic (exact) mass is 182 g/mol. The maximum absolute atomic E-state index is 9.91. The van der Waals surface area contributed by atoms with E-state index >= 15 is 0 Å². The molecular weight excluding hydrogens is 171 g/mol. The van der Waals surface area contributed by atoms with Crippen LogP contribution >= 0.6 is 0 Å². The molecule has 0 radical (unpaired) electrons. The van der Waals surface area contributed by atoms with Gasteiger partial charge in [-0.05, 0) is 18.0 Å². The first-order chi connectivity index (χ1) is 4.79. The molecule has 0 saturated heterocycles. The molecule has 0 aromatic carbocycles. The molecule has 0 spiro atoms. The zero-order valence-electron chi connectivity index (χ0n) is 6.82. The van der Waals surface area contributed by atoms with Crippen molar-refractivity contribution in [3.8, 4) is 0 Å². The third-order valence-electron chi connectivity index (χ3n) is 1.83. The molecule has 0 heterocycles. The first-order valence-electron chi connectivity index (χ1n) is 3.64. The maximum atomic E-state index is 9.91. The molecular formula is C6H11KN2O2. The van der Waals surface area contributed by atoms with E-state index in [1.165, 1.54) is 6.42 Å². The van der Waals surface area contributed by atoms with E-state index in [4.69, 9.17) is 0 Å². The van der Waals surface area contributed by atoms with E-state index in [0.717, 1.165) is 25.7 Å². The van der Waals surface area contributed by atoms with E-state index in [-0.39, 0.29) is 57.4 Å². The Morgan fingerprint density at radius 3 is 2.09 bits per heavy atom. The Hall–Kier alpha value is 0.836. The normalized spacial score (nSPS) is 18.5. The molecule has 11 heavy (non-hydrogen) atoms. The molecule has 0 aromatic heterocycles. The summed E-state index contributed by atoms with van der Waals surface area (Å²) in [6, 6.07) is 0.00347. The van der Waals surface area contributed by atoms with Crippen molar-refractivity contribution in [3.05, 3.63) is 10.4 Å². The van der Waals surface area contributed by atoms with E-state index in [1.54, 1.807) is 0 Å². The van der Waals surface area contributed by atoms with Crippen LogP contribution in [0.5, 0.6) is 0 Å². The van der Waals surface area contributed by atoms with Crippen molar-refractivity contribution in [1.29, 1.82) is 0 Å². The minimum Gasteiger partial charge on any atom is -0.588 e. The number of hydrogen-bond donors (Lipinski definition) is 0. The van der Waals surface area contributed by atoms with Crippen LogP contribution < -0.4 is 51.4 Å². The minimum absolute atomic E-state index is 0. The smallest absolute Gasteiger partial charge is 0.588 e. The van der Waals surface area contributed by atoms with Gasteiger partial charge in [-0.3, -0.25) is 0 Å². The Morgan fingerprint density at radius 2 is 1.64 bits per heavy atom. The predicted molar refractivity (Wildman–Crippen MR) is 36.3 cm³/mol. The van der Waals surface area contributed by atoms with Crippen LogP contribution in [-0.4, -0.2) is 11.1 Å². The molecule has 0 unspecified atom stereocenters. The minimum atomic E-state index is -0.560. The van der Waals surface area contributed by atoms with Gasteiger partial charge in [0.05, 0.1) is 0 Å². The Morgan fingerprint density at radius 1 is 1.09 bits per heavy atom. The number of nitrogens with zero attached hydrogens (tertiary/aromatic N) is 2. The van der Waals surface area contributed by atoms with Gasteiger partial charge in [-0.2, -0.15) is 0 Å². The molecule has 1 rings (SSSR count). The van der Waals surface area contributed by atoms with Crippen molar-refractivity contribution in [2.24, 2.45) is 5.11 Å². The van der Waals surface area contributed by atoms with Crippen LogP contribution in [0.15, 0.2) is 5.11 Å². The first kappa shape index (κ1) is 11.8. The topological polar surface area (TPSA) is 61.5 Å². The van der Waals surface area contributed by atoms with Crippen LogP contribution in [0.25, 0.3) is 0 Å². The van der Waals surface area contributed by atoms with Gasteiger partial charge in [0, 0.05) is 0 Å². The van der Waals surface area contributed by atoms with Gasteiger partial charge in [-0.1, -0.05) is 24.3 Å². The van der Waals surface area contributed by atoms with Crippen LogP contribution in [0.2, 0.25) is 0 Å². The quantitative estimate of drug-likeness (QED) is 0.290. The summed E-state index contributed by atoms with van der Waals surface area (Å²) < 4.78 is 0. The third kappa shape index (κ3) is 5.14. The third-order valence-corrected chi connectivity index (χ3v) is 1.83. The van der Waals surface area contributed by atoms with Crippen LogP contribution in [-0.2, 0) is 0 Å². The fourth-order valence-electron chi connectivity index (χ4n) is 1.33.